The van der Waals surface area contributed by atoms with Crippen molar-refractivity contribution >= 4 is 22.2 Å². The smallest absolute Gasteiger partial charge is 0.162 e. The third-order valence-electron chi connectivity index (χ3n) is 2.26. The van der Waals surface area contributed by atoms with Gasteiger partial charge in [-0.2, -0.15) is 0 Å². The van der Waals surface area contributed by atoms with Crippen molar-refractivity contribution < 1.29 is 13.7 Å². The molecule has 1 unspecified atom stereocenters. The minimum Gasteiger partial charge on any atom is -0.493 e. The van der Waals surface area contributed by atoms with E-state index in [9.17, 15) is 4.21 Å². The van der Waals surface area contributed by atoms with Crippen molar-refractivity contribution in [3.05, 3.63) is 12.1 Å². The van der Waals surface area contributed by atoms with E-state index >= 15 is 0 Å². The van der Waals surface area contributed by atoms with Crippen LogP contribution in [0.15, 0.2) is 12.1 Å². The van der Waals surface area contributed by atoms with Gasteiger partial charge in [0.05, 0.1) is 25.6 Å². The highest BCUT2D eigenvalue weighted by Crippen LogP contribution is 2.34. The van der Waals surface area contributed by atoms with Crippen LogP contribution in [0.5, 0.6) is 11.5 Å². The van der Waals surface area contributed by atoms with Crippen LogP contribution in [0.3, 0.4) is 0 Å². The molecule has 17 heavy (non-hydrogen) atoms. The molecular weight excluding hydrogens is 240 g/mol. The van der Waals surface area contributed by atoms with Crippen LogP contribution >= 0.6 is 0 Å². The Morgan fingerprint density at radius 2 is 1.88 bits per heavy atom. The van der Waals surface area contributed by atoms with Crippen molar-refractivity contribution in [1.29, 1.82) is 0 Å². The minimum absolute atomic E-state index is 0.574. The molecule has 0 amide bonds. The van der Waals surface area contributed by atoms with Crippen LogP contribution in [0.2, 0.25) is 0 Å². The van der Waals surface area contributed by atoms with Gasteiger partial charge >= 0.3 is 0 Å². The predicted octanol–water partition coefficient (Wildman–Crippen LogP) is 1.08. The van der Waals surface area contributed by atoms with Crippen molar-refractivity contribution in [2.24, 2.45) is 0 Å². The molecule has 3 N–H and O–H groups in total. The maximum Gasteiger partial charge on any atom is 0.162 e. The van der Waals surface area contributed by atoms with Gasteiger partial charge in [-0.15, -0.1) is 0 Å². The highest BCUT2D eigenvalue weighted by molar-refractivity contribution is 7.84. The van der Waals surface area contributed by atoms with Gasteiger partial charge in [0.2, 0.25) is 0 Å². The van der Waals surface area contributed by atoms with E-state index < -0.39 is 10.8 Å². The number of anilines is 2. The van der Waals surface area contributed by atoms with Crippen LogP contribution in [0.4, 0.5) is 11.4 Å². The summed E-state index contributed by atoms with van der Waals surface area (Å²) < 4.78 is 21.2. The Bertz CT molecular complexity index is 410. The van der Waals surface area contributed by atoms with E-state index in [1.165, 1.54) is 0 Å². The molecule has 96 valence electrons. The molecule has 6 heteroatoms. The maximum atomic E-state index is 10.9. The van der Waals surface area contributed by atoms with E-state index in [2.05, 4.69) is 5.32 Å². The van der Waals surface area contributed by atoms with Crippen LogP contribution in [0.1, 0.15) is 0 Å². The van der Waals surface area contributed by atoms with Crippen molar-refractivity contribution in [3.8, 4) is 11.5 Å². The highest BCUT2D eigenvalue weighted by atomic mass is 32.2. The van der Waals surface area contributed by atoms with E-state index in [-0.39, 0.29) is 0 Å². The highest BCUT2D eigenvalue weighted by Gasteiger charge is 2.08. The SMILES string of the molecule is COc1cc(N)c(NCCS(C)=O)cc1OC. The summed E-state index contributed by atoms with van der Waals surface area (Å²) in [4.78, 5) is 0. The molecule has 0 aliphatic rings. The summed E-state index contributed by atoms with van der Waals surface area (Å²) in [5.41, 5.74) is 7.19. The quantitative estimate of drug-likeness (QED) is 0.747. The van der Waals surface area contributed by atoms with Gasteiger partial charge in [-0.25, -0.2) is 0 Å². The largest absolute Gasteiger partial charge is 0.493 e. The summed E-state index contributed by atoms with van der Waals surface area (Å²) >= 11 is 0. The van der Waals surface area contributed by atoms with Gasteiger partial charge in [-0.05, 0) is 0 Å². The number of methoxy groups -OCH3 is 2. The van der Waals surface area contributed by atoms with E-state index in [1.807, 2.05) is 0 Å². The number of nitrogen functional groups attached to an aromatic ring is 1. The molecular formula is C11H18N2O3S. The number of benzene rings is 1. The second kappa shape index (κ2) is 6.34. The summed E-state index contributed by atoms with van der Waals surface area (Å²) in [7, 11) is 2.31. The number of ether oxygens (including phenoxy) is 2. The molecule has 0 saturated carbocycles. The Hall–Kier alpha value is -1.43. The summed E-state index contributed by atoms with van der Waals surface area (Å²) in [5.74, 6) is 1.78. The lowest BCUT2D eigenvalue weighted by Crippen LogP contribution is -2.11. The Morgan fingerprint density at radius 1 is 1.29 bits per heavy atom. The molecule has 1 atom stereocenters. The average Bonchev–Trinajstić information content (AvgIpc) is 2.30. The average molecular weight is 258 g/mol. The Labute approximate surface area is 104 Å². The van der Waals surface area contributed by atoms with Crippen molar-refractivity contribution in [1.82, 2.24) is 0 Å². The fourth-order valence-electron chi connectivity index (χ4n) is 1.38. The van der Waals surface area contributed by atoms with E-state index in [0.29, 0.717) is 29.5 Å². The first-order chi connectivity index (χ1) is 8.08. The molecule has 0 aromatic heterocycles. The van der Waals surface area contributed by atoms with Gasteiger partial charge in [0.25, 0.3) is 0 Å². The van der Waals surface area contributed by atoms with Crippen LogP contribution < -0.4 is 20.5 Å². The second-order valence-corrected chi connectivity index (χ2v) is 5.05. The summed E-state index contributed by atoms with van der Waals surface area (Å²) in [6.45, 7) is 0.600. The maximum absolute atomic E-state index is 10.9. The third-order valence-corrected chi connectivity index (χ3v) is 3.04. The second-order valence-electron chi connectivity index (χ2n) is 3.50. The summed E-state index contributed by atoms with van der Waals surface area (Å²) in [5, 5.41) is 3.12. The molecule has 1 rings (SSSR count). The van der Waals surface area contributed by atoms with Crippen LogP contribution in [0.25, 0.3) is 0 Å². The lowest BCUT2D eigenvalue weighted by atomic mass is 10.2. The summed E-state index contributed by atoms with van der Waals surface area (Å²) in [6, 6.07) is 3.47. The molecule has 0 radical (unpaired) electrons. The topological polar surface area (TPSA) is 73.6 Å². The van der Waals surface area contributed by atoms with Gasteiger partial charge in [0, 0.05) is 41.5 Å². The van der Waals surface area contributed by atoms with Crippen molar-refractivity contribution in [3.63, 3.8) is 0 Å². The van der Waals surface area contributed by atoms with Gasteiger partial charge in [0.15, 0.2) is 11.5 Å². The molecule has 1 aromatic rings. The lowest BCUT2D eigenvalue weighted by molar-refractivity contribution is 0.355. The molecule has 0 aliphatic carbocycles. The van der Waals surface area contributed by atoms with Gasteiger partial charge < -0.3 is 20.5 Å². The van der Waals surface area contributed by atoms with E-state index in [1.54, 1.807) is 32.6 Å². The fourth-order valence-corrected chi connectivity index (χ4v) is 1.77. The zero-order chi connectivity index (χ0) is 12.8. The monoisotopic (exact) mass is 258 g/mol. The van der Waals surface area contributed by atoms with Crippen LogP contribution in [-0.4, -0.2) is 37.0 Å². The first kappa shape index (κ1) is 13.6. The standard InChI is InChI=1S/C11H18N2O3S/c1-15-10-6-8(12)9(7-11(10)16-2)13-4-5-17(3)14/h6-7,13H,4-5,12H2,1-3H3. The number of hydrogen-bond acceptors (Lipinski definition) is 5. The third kappa shape index (κ3) is 3.81. The van der Waals surface area contributed by atoms with Crippen molar-refractivity contribution in [2.45, 2.75) is 0 Å². The Kier molecular flexibility index (Phi) is 5.09. The van der Waals surface area contributed by atoms with Crippen molar-refractivity contribution in [2.75, 3.05) is 43.8 Å². The molecule has 0 bridgehead atoms. The minimum atomic E-state index is -0.818. The number of hydrogen-bond donors (Lipinski definition) is 2. The Morgan fingerprint density at radius 3 is 2.41 bits per heavy atom. The molecule has 0 heterocycles. The zero-order valence-electron chi connectivity index (χ0n) is 10.3. The molecule has 0 saturated heterocycles. The first-order valence-electron chi connectivity index (χ1n) is 5.14. The van der Waals surface area contributed by atoms with Gasteiger partial charge in [-0.3, -0.25) is 4.21 Å². The summed E-state index contributed by atoms with van der Waals surface area (Å²) in [6.07, 6.45) is 1.67. The Balaban J connectivity index is 2.81. The molecule has 0 spiro atoms. The first-order valence-corrected chi connectivity index (χ1v) is 6.86. The van der Waals surface area contributed by atoms with Gasteiger partial charge in [0.1, 0.15) is 0 Å². The van der Waals surface area contributed by atoms with Crippen LogP contribution in [0, 0.1) is 0 Å². The zero-order valence-corrected chi connectivity index (χ0v) is 11.1. The number of rotatable bonds is 6. The van der Waals surface area contributed by atoms with Gasteiger partial charge in [-0.1, -0.05) is 0 Å². The van der Waals surface area contributed by atoms with E-state index in [0.717, 1.165) is 5.69 Å². The van der Waals surface area contributed by atoms with E-state index in [4.69, 9.17) is 15.2 Å². The lowest BCUT2D eigenvalue weighted by Gasteiger charge is -2.13. The molecule has 1 aromatic carbocycles. The molecule has 0 fully saturated rings. The molecule has 0 aliphatic heterocycles. The van der Waals surface area contributed by atoms with Crippen LogP contribution in [-0.2, 0) is 10.8 Å². The fraction of sp³-hybridized carbons (Fsp3) is 0.455. The number of nitrogens with two attached hydrogens (primary N) is 1. The predicted molar refractivity (Wildman–Crippen MR) is 71.4 cm³/mol. The normalized spacial score (nSPS) is 11.9. The molecule has 5 nitrogen and oxygen atoms in total. The number of nitrogens with one attached hydrogen (secondary N) is 1.